The lowest BCUT2D eigenvalue weighted by atomic mass is 10.2. The van der Waals surface area contributed by atoms with Crippen LogP contribution in [-0.2, 0) is 4.79 Å². The van der Waals surface area contributed by atoms with Gasteiger partial charge in [0.2, 0.25) is 5.91 Å². The number of hydrogen-bond donors (Lipinski definition) is 1. The van der Waals surface area contributed by atoms with Crippen LogP contribution in [0, 0.1) is 0 Å². The molecule has 5 heteroatoms. The molecule has 0 radical (unpaired) electrons. The third-order valence-corrected chi connectivity index (χ3v) is 3.02. The van der Waals surface area contributed by atoms with E-state index in [9.17, 15) is 4.79 Å². The van der Waals surface area contributed by atoms with Crippen LogP contribution in [0.25, 0.3) is 11.3 Å². The van der Waals surface area contributed by atoms with Gasteiger partial charge in [0.1, 0.15) is 0 Å². The van der Waals surface area contributed by atoms with Crippen LogP contribution < -0.4 is 5.32 Å². The van der Waals surface area contributed by atoms with Crippen molar-refractivity contribution in [3.05, 3.63) is 34.7 Å². The molecule has 1 amide bonds. The molecule has 0 spiro atoms. The number of carbonyl (C=O) groups is 1. The first-order chi connectivity index (χ1) is 7.66. The molecule has 0 unspecified atom stereocenters. The number of anilines is 1. The minimum atomic E-state index is -0.125. The Kier molecular flexibility index (Phi) is 3.22. The molecule has 1 aromatic carbocycles. The number of hydrogen-bond acceptors (Lipinski definition) is 3. The molecule has 82 valence electrons. The van der Waals surface area contributed by atoms with Crippen LogP contribution in [0.15, 0.2) is 29.6 Å². The van der Waals surface area contributed by atoms with Gasteiger partial charge in [0.05, 0.1) is 5.69 Å². The lowest BCUT2D eigenvalue weighted by Gasteiger charge is -1.99. The topological polar surface area (TPSA) is 42.0 Å². The van der Waals surface area contributed by atoms with E-state index in [0.717, 1.165) is 11.3 Å². The maximum Gasteiger partial charge on any atom is 0.223 e. The van der Waals surface area contributed by atoms with E-state index in [1.165, 1.54) is 18.3 Å². The van der Waals surface area contributed by atoms with E-state index in [-0.39, 0.29) is 5.91 Å². The Balaban J connectivity index is 2.32. The van der Waals surface area contributed by atoms with E-state index in [1.807, 2.05) is 29.6 Å². The van der Waals surface area contributed by atoms with Crippen molar-refractivity contribution >= 4 is 34.0 Å². The van der Waals surface area contributed by atoms with Gasteiger partial charge in [-0.2, -0.15) is 0 Å². The van der Waals surface area contributed by atoms with E-state index in [4.69, 9.17) is 11.6 Å². The van der Waals surface area contributed by atoms with Crippen LogP contribution in [0.5, 0.6) is 0 Å². The van der Waals surface area contributed by atoms with E-state index in [0.29, 0.717) is 10.2 Å². The summed E-state index contributed by atoms with van der Waals surface area (Å²) < 4.78 is 0. The number of carbonyl (C=O) groups excluding carboxylic acids is 1. The minimum Gasteiger partial charge on any atom is -0.302 e. The second kappa shape index (κ2) is 4.63. The molecule has 16 heavy (non-hydrogen) atoms. The van der Waals surface area contributed by atoms with Gasteiger partial charge in [-0.15, -0.1) is 11.3 Å². The Morgan fingerprint density at radius 1 is 1.44 bits per heavy atom. The third-order valence-electron chi connectivity index (χ3n) is 1.94. The first kappa shape index (κ1) is 11.1. The molecule has 0 atom stereocenters. The summed E-state index contributed by atoms with van der Waals surface area (Å²) in [5.74, 6) is -0.125. The fourth-order valence-electron chi connectivity index (χ4n) is 1.27. The van der Waals surface area contributed by atoms with Gasteiger partial charge in [0, 0.05) is 22.9 Å². The molecule has 0 aliphatic rings. The Morgan fingerprint density at radius 2 is 2.19 bits per heavy atom. The number of benzene rings is 1. The first-order valence-corrected chi connectivity index (χ1v) is 5.90. The number of thiazole rings is 1. The molecular formula is C11H9ClN2OS. The van der Waals surface area contributed by atoms with Gasteiger partial charge in [0.25, 0.3) is 0 Å². The molecule has 0 aliphatic heterocycles. The molecule has 0 bridgehead atoms. The molecule has 0 saturated carbocycles. The fraction of sp³-hybridized carbons (Fsp3) is 0.0909. The van der Waals surface area contributed by atoms with Crippen molar-refractivity contribution in [2.45, 2.75) is 6.92 Å². The number of rotatable bonds is 2. The van der Waals surface area contributed by atoms with Crippen LogP contribution in [0.4, 0.5) is 5.13 Å². The SMILES string of the molecule is CC(=O)Nc1nc(-c2ccccc2Cl)cs1. The second-order valence-corrected chi connectivity index (χ2v) is 4.46. The summed E-state index contributed by atoms with van der Waals surface area (Å²) in [6.07, 6.45) is 0. The molecule has 2 rings (SSSR count). The summed E-state index contributed by atoms with van der Waals surface area (Å²) in [6.45, 7) is 1.45. The lowest BCUT2D eigenvalue weighted by Crippen LogP contribution is -2.04. The van der Waals surface area contributed by atoms with Gasteiger partial charge < -0.3 is 5.32 Å². The number of nitrogens with one attached hydrogen (secondary N) is 1. The Labute approximate surface area is 102 Å². The Bertz CT molecular complexity index is 524. The van der Waals surface area contributed by atoms with Gasteiger partial charge in [0.15, 0.2) is 5.13 Å². The highest BCUT2D eigenvalue weighted by atomic mass is 35.5. The van der Waals surface area contributed by atoms with E-state index in [2.05, 4.69) is 10.3 Å². The van der Waals surface area contributed by atoms with Gasteiger partial charge in [-0.1, -0.05) is 29.8 Å². The van der Waals surface area contributed by atoms with Crippen LogP contribution >= 0.6 is 22.9 Å². The highest BCUT2D eigenvalue weighted by Crippen LogP contribution is 2.30. The maximum atomic E-state index is 10.9. The largest absolute Gasteiger partial charge is 0.302 e. The monoisotopic (exact) mass is 252 g/mol. The highest BCUT2D eigenvalue weighted by molar-refractivity contribution is 7.14. The zero-order valence-corrected chi connectivity index (χ0v) is 10.1. The van der Waals surface area contributed by atoms with Crippen molar-refractivity contribution in [2.75, 3.05) is 5.32 Å². The average molecular weight is 253 g/mol. The van der Waals surface area contributed by atoms with E-state index >= 15 is 0 Å². The van der Waals surface area contributed by atoms with Crippen molar-refractivity contribution < 1.29 is 4.79 Å². The third kappa shape index (κ3) is 2.40. The van der Waals surface area contributed by atoms with Crippen LogP contribution in [0.2, 0.25) is 5.02 Å². The van der Waals surface area contributed by atoms with E-state index < -0.39 is 0 Å². The van der Waals surface area contributed by atoms with Crippen LogP contribution in [-0.4, -0.2) is 10.9 Å². The van der Waals surface area contributed by atoms with Crippen molar-refractivity contribution in [2.24, 2.45) is 0 Å². The van der Waals surface area contributed by atoms with Gasteiger partial charge in [-0.3, -0.25) is 4.79 Å². The maximum absolute atomic E-state index is 10.9. The van der Waals surface area contributed by atoms with Crippen molar-refractivity contribution in [1.82, 2.24) is 4.98 Å². The van der Waals surface area contributed by atoms with Gasteiger partial charge >= 0.3 is 0 Å². The molecule has 1 heterocycles. The zero-order chi connectivity index (χ0) is 11.5. The van der Waals surface area contributed by atoms with Crippen LogP contribution in [0.3, 0.4) is 0 Å². The first-order valence-electron chi connectivity index (χ1n) is 4.65. The molecular weight excluding hydrogens is 244 g/mol. The van der Waals surface area contributed by atoms with E-state index in [1.54, 1.807) is 0 Å². The van der Waals surface area contributed by atoms with Crippen molar-refractivity contribution in [3.63, 3.8) is 0 Å². The number of aromatic nitrogens is 1. The summed E-state index contributed by atoms with van der Waals surface area (Å²) >= 11 is 7.43. The summed E-state index contributed by atoms with van der Waals surface area (Å²) in [4.78, 5) is 15.1. The second-order valence-electron chi connectivity index (χ2n) is 3.20. The average Bonchev–Trinajstić information content (AvgIpc) is 2.66. The summed E-state index contributed by atoms with van der Waals surface area (Å²) in [6, 6.07) is 7.48. The Morgan fingerprint density at radius 3 is 2.88 bits per heavy atom. The minimum absolute atomic E-state index is 0.125. The number of halogens is 1. The predicted molar refractivity (Wildman–Crippen MR) is 66.9 cm³/mol. The predicted octanol–water partition coefficient (Wildman–Crippen LogP) is 3.42. The normalized spacial score (nSPS) is 10.1. The smallest absolute Gasteiger partial charge is 0.223 e. The Hall–Kier alpha value is -1.39. The fourth-order valence-corrected chi connectivity index (χ4v) is 2.26. The summed E-state index contributed by atoms with van der Waals surface area (Å²) in [5, 5.41) is 5.75. The molecule has 0 fully saturated rings. The number of nitrogens with zero attached hydrogens (tertiary/aromatic N) is 1. The molecule has 1 aromatic heterocycles. The van der Waals surface area contributed by atoms with Gasteiger partial charge in [-0.05, 0) is 6.07 Å². The standard InChI is InChI=1S/C11H9ClN2OS/c1-7(15)13-11-14-10(6-16-11)8-4-2-3-5-9(8)12/h2-6H,1H3,(H,13,14,15). The van der Waals surface area contributed by atoms with Gasteiger partial charge in [-0.25, -0.2) is 4.98 Å². The molecule has 2 aromatic rings. The molecule has 1 N–H and O–H groups in total. The molecule has 3 nitrogen and oxygen atoms in total. The molecule has 0 aliphatic carbocycles. The summed E-state index contributed by atoms with van der Waals surface area (Å²) in [7, 11) is 0. The summed E-state index contributed by atoms with van der Waals surface area (Å²) in [5.41, 5.74) is 1.65. The number of amides is 1. The van der Waals surface area contributed by atoms with Crippen LogP contribution in [0.1, 0.15) is 6.92 Å². The molecule has 0 saturated heterocycles. The highest BCUT2D eigenvalue weighted by Gasteiger charge is 2.07. The zero-order valence-electron chi connectivity index (χ0n) is 8.53. The quantitative estimate of drug-likeness (QED) is 0.890. The van der Waals surface area contributed by atoms with Crippen molar-refractivity contribution in [3.8, 4) is 11.3 Å². The lowest BCUT2D eigenvalue weighted by molar-refractivity contribution is -0.114. The van der Waals surface area contributed by atoms with Crippen molar-refractivity contribution in [1.29, 1.82) is 0 Å².